The molecule has 1 aliphatic heterocycles. The summed E-state index contributed by atoms with van der Waals surface area (Å²) in [6, 6.07) is 9.58. The van der Waals surface area contributed by atoms with E-state index in [-0.39, 0.29) is 12.1 Å². The highest BCUT2D eigenvalue weighted by atomic mass is 35.5. The first kappa shape index (κ1) is 24.2. The lowest BCUT2D eigenvalue weighted by Gasteiger charge is -2.34. The van der Waals surface area contributed by atoms with Crippen molar-refractivity contribution in [2.75, 3.05) is 23.7 Å². The Kier molecular flexibility index (Phi) is 7.53. The van der Waals surface area contributed by atoms with Crippen LogP contribution in [0.1, 0.15) is 38.6 Å². The zero-order valence-electron chi connectivity index (χ0n) is 19.5. The smallest absolute Gasteiger partial charge is 0.410 e. The number of carbonyl (C=O) groups excluding carboxylic acids is 1. The Morgan fingerprint density at radius 2 is 2.03 bits per heavy atom. The number of carbonyl (C=O) groups is 1. The van der Waals surface area contributed by atoms with Crippen molar-refractivity contribution < 1.29 is 9.53 Å². The SMILES string of the molecule is CC(C)(C)OC(=O)N1CCCC(Nc2ccnc(NCc3nc(-c4ccc(Cl)cc4)cs3)n2)C1. The van der Waals surface area contributed by atoms with Crippen LogP contribution in [0.2, 0.25) is 5.02 Å². The van der Waals surface area contributed by atoms with Gasteiger partial charge in [-0.05, 0) is 51.8 Å². The number of benzene rings is 1. The summed E-state index contributed by atoms with van der Waals surface area (Å²) < 4.78 is 5.52. The fourth-order valence-corrected chi connectivity index (χ4v) is 4.49. The highest BCUT2D eigenvalue weighted by Crippen LogP contribution is 2.24. The third-order valence-corrected chi connectivity index (χ3v) is 6.27. The van der Waals surface area contributed by atoms with Gasteiger partial charge in [0.15, 0.2) is 0 Å². The van der Waals surface area contributed by atoms with E-state index in [0.717, 1.165) is 34.9 Å². The van der Waals surface area contributed by atoms with Crippen LogP contribution in [0, 0.1) is 0 Å². The van der Waals surface area contributed by atoms with Crippen LogP contribution in [0.4, 0.5) is 16.6 Å². The number of anilines is 2. The fraction of sp³-hybridized carbons (Fsp3) is 0.417. The van der Waals surface area contributed by atoms with Crippen LogP contribution in [0.5, 0.6) is 0 Å². The number of thiazole rings is 1. The van der Waals surface area contributed by atoms with Gasteiger partial charge in [-0.25, -0.2) is 14.8 Å². The fourth-order valence-electron chi connectivity index (χ4n) is 3.62. The van der Waals surface area contributed by atoms with Crippen LogP contribution in [0.15, 0.2) is 41.9 Å². The van der Waals surface area contributed by atoms with Crippen LogP contribution >= 0.6 is 22.9 Å². The molecule has 0 spiro atoms. The second-order valence-electron chi connectivity index (χ2n) is 9.16. The topological polar surface area (TPSA) is 92.3 Å². The number of aromatic nitrogens is 3. The normalized spacial score (nSPS) is 16.2. The van der Waals surface area contributed by atoms with Gasteiger partial charge in [-0.1, -0.05) is 23.7 Å². The minimum Gasteiger partial charge on any atom is -0.444 e. The summed E-state index contributed by atoms with van der Waals surface area (Å²) in [6.45, 7) is 7.44. The number of likely N-dealkylation sites (tertiary alicyclic amines) is 1. The molecule has 8 nitrogen and oxygen atoms in total. The Hall–Kier alpha value is -2.91. The van der Waals surface area contributed by atoms with Crippen molar-refractivity contribution >= 4 is 40.8 Å². The first-order valence-corrected chi connectivity index (χ1v) is 12.5. The molecule has 1 aliphatic rings. The van der Waals surface area contributed by atoms with Crippen molar-refractivity contribution in [3.8, 4) is 11.3 Å². The summed E-state index contributed by atoms with van der Waals surface area (Å²) in [7, 11) is 0. The van der Waals surface area contributed by atoms with E-state index in [1.54, 1.807) is 22.4 Å². The minimum atomic E-state index is -0.502. The molecule has 0 saturated carbocycles. The molecule has 2 N–H and O–H groups in total. The van der Waals surface area contributed by atoms with Crippen molar-refractivity contribution in [1.29, 1.82) is 0 Å². The van der Waals surface area contributed by atoms with Gasteiger partial charge in [0.1, 0.15) is 16.4 Å². The number of ether oxygens (including phenoxy) is 1. The van der Waals surface area contributed by atoms with Crippen molar-refractivity contribution in [2.45, 2.75) is 51.8 Å². The molecule has 0 aliphatic carbocycles. The quantitative estimate of drug-likeness (QED) is 0.450. The molecule has 1 saturated heterocycles. The summed E-state index contributed by atoms with van der Waals surface area (Å²) in [4.78, 5) is 27.8. The molecule has 180 valence electrons. The summed E-state index contributed by atoms with van der Waals surface area (Å²) in [6.07, 6.45) is 3.31. The van der Waals surface area contributed by atoms with E-state index < -0.39 is 5.60 Å². The predicted molar refractivity (Wildman–Crippen MR) is 136 cm³/mol. The molecule has 1 atom stereocenters. The van der Waals surface area contributed by atoms with Gasteiger partial charge in [-0.2, -0.15) is 4.98 Å². The average molecular weight is 501 g/mol. The molecule has 2 aromatic heterocycles. The lowest BCUT2D eigenvalue weighted by atomic mass is 10.1. The molecule has 4 rings (SSSR count). The van der Waals surface area contributed by atoms with Crippen molar-refractivity contribution in [2.24, 2.45) is 0 Å². The maximum atomic E-state index is 12.4. The van der Waals surface area contributed by atoms with Crippen molar-refractivity contribution in [3.63, 3.8) is 0 Å². The number of nitrogens with one attached hydrogen (secondary N) is 2. The minimum absolute atomic E-state index is 0.102. The van der Waals surface area contributed by atoms with Crippen LogP contribution in [0.3, 0.4) is 0 Å². The van der Waals surface area contributed by atoms with Gasteiger partial charge in [0.2, 0.25) is 5.95 Å². The highest BCUT2D eigenvalue weighted by Gasteiger charge is 2.27. The summed E-state index contributed by atoms with van der Waals surface area (Å²) in [5.41, 5.74) is 1.45. The zero-order valence-corrected chi connectivity index (χ0v) is 21.1. The predicted octanol–water partition coefficient (Wildman–Crippen LogP) is 5.68. The molecule has 3 aromatic rings. The molecular formula is C24H29ClN6O2S. The molecule has 0 bridgehead atoms. The zero-order chi connectivity index (χ0) is 24.1. The molecular weight excluding hydrogens is 472 g/mol. The van der Waals surface area contributed by atoms with Crippen LogP contribution in [-0.4, -0.2) is 50.7 Å². The second kappa shape index (κ2) is 10.6. The molecule has 1 unspecified atom stereocenters. The van der Waals surface area contributed by atoms with Gasteiger partial charge >= 0.3 is 6.09 Å². The number of piperidine rings is 1. The molecule has 3 heterocycles. The lowest BCUT2D eigenvalue weighted by molar-refractivity contribution is 0.0206. The summed E-state index contributed by atoms with van der Waals surface area (Å²) in [5.74, 6) is 1.24. The lowest BCUT2D eigenvalue weighted by Crippen LogP contribution is -2.47. The molecule has 34 heavy (non-hydrogen) atoms. The number of halogens is 1. The summed E-state index contributed by atoms with van der Waals surface area (Å²) >= 11 is 7.55. The van der Waals surface area contributed by atoms with E-state index in [1.807, 2.05) is 56.5 Å². The van der Waals surface area contributed by atoms with Crippen LogP contribution < -0.4 is 10.6 Å². The van der Waals surface area contributed by atoms with Crippen LogP contribution in [0.25, 0.3) is 11.3 Å². The monoisotopic (exact) mass is 500 g/mol. The van der Waals surface area contributed by atoms with E-state index >= 15 is 0 Å². The Bertz CT molecular complexity index is 1120. The van der Waals surface area contributed by atoms with Gasteiger partial charge in [0, 0.05) is 41.3 Å². The molecule has 0 radical (unpaired) electrons. The van der Waals surface area contributed by atoms with E-state index in [4.69, 9.17) is 16.3 Å². The number of amides is 1. The molecule has 1 fully saturated rings. The third kappa shape index (κ3) is 6.80. The highest BCUT2D eigenvalue weighted by molar-refractivity contribution is 7.10. The molecule has 1 amide bonds. The first-order chi connectivity index (χ1) is 16.2. The van der Waals surface area contributed by atoms with E-state index in [0.29, 0.717) is 30.6 Å². The van der Waals surface area contributed by atoms with Gasteiger partial charge in [0.25, 0.3) is 0 Å². The van der Waals surface area contributed by atoms with E-state index in [1.165, 1.54) is 0 Å². The number of hydrogen-bond acceptors (Lipinski definition) is 8. The molecule has 10 heteroatoms. The maximum absolute atomic E-state index is 12.4. The third-order valence-electron chi connectivity index (χ3n) is 5.17. The Labute approximate surface area is 208 Å². The Balaban J connectivity index is 1.32. The van der Waals surface area contributed by atoms with Gasteiger partial charge in [-0.15, -0.1) is 11.3 Å². The van der Waals surface area contributed by atoms with Crippen molar-refractivity contribution in [3.05, 3.63) is 51.9 Å². The van der Waals surface area contributed by atoms with Gasteiger partial charge < -0.3 is 20.3 Å². The van der Waals surface area contributed by atoms with Crippen LogP contribution in [-0.2, 0) is 11.3 Å². The Morgan fingerprint density at radius 3 is 2.79 bits per heavy atom. The second-order valence-corrected chi connectivity index (χ2v) is 10.5. The maximum Gasteiger partial charge on any atom is 0.410 e. The summed E-state index contributed by atoms with van der Waals surface area (Å²) in [5, 5.41) is 10.3. The average Bonchev–Trinajstić information content (AvgIpc) is 3.27. The van der Waals surface area contributed by atoms with E-state index in [9.17, 15) is 4.79 Å². The number of nitrogens with zero attached hydrogens (tertiary/aromatic N) is 4. The first-order valence-electron chi connectivity index (χ1n) is 11.3. The van der Waals surface area contributed by atoms with E-state index in [2.05, 4.69) is 25.6 Å². The molecule has 1 aromatic carbocycles. The number of rotatable bonds is 6. The van der Waals surface area contributed by atoms with Gasteiger partial charge in [-0.3, -0.25) is 0 Å². The largest absolute Gasteiger partial charge is 0.444 e. The number of hydrogen-bond donors (Lipinski definition) is 2. The Morgan fingerprint density at radius 1 is 1.24 bits per heavy atom. The van der Waals surface area contributed by atoms with Crippen molar-refractivity contribution in [1.82, 2.24) is 19.9 Å². The van der Waals surface area contributed by atoms with Gasteiger partial charge in [0.05, 0.1) is 12.2 Å². The standard InChI is InChI=1S/C24H29ClN6O2S/c1-24(2,3)33-23(32)31-12-4-5-18(14-31)28-20-10-11-26-22(30-20)27-13-21-29-19(15-34-21)16-6-8-17(25)9-7-16/h6-11,15,18H,4-5,12-14H2,1-3H3,(H2,26,27,28,30).